The first kappa shape index (κ1) is 34.2. The molecule has 0 saturated heterocycles. The molecule has 0 radical (unpaired) electrons. The zero-order valence-electron chi connectivity index (χ0n) is 26.8. The highest BCUT2D eigenvalue weighted by atomic mass is 32.2. The monoisotopic (exact) mass is 674 g/mol. The third-order valence-electron chi connectivity index (χ3n) is 9.24. The van der Waals surface area contributed by atoms with E-state index >= 15 is 0 Å². The van der Waals surface area contributed by atoms with Crippen molar-refractivity contribution in [2.24, 2.45) is 0 Å². The van der Waals surface area contributed by atoms with E-state index in [2.05, 4.69) is 41.2 Å². The average Bonchev–Trinajstić information content (AvgIpc) is 3.87. The number of hydrogen-bond acceptors (Lipinski definition) is 14. The summed E-state index contributed by atoms with van der Waals surface area (Å²) in [5.74, 6) is 1.45. The molecule has 0 atom stereocenters. The predicted molar refractivity (Wildman–Crippen MR) is 184 cm³/mol. The Morgan fingerprint density at radius 1 is 0.500 bits per heavy atom. The predicted octanol–water partition coefficient (Wildman–Crippen LogP) is 7.63. The van der Waals surface area contributed by atoms with Gasteiger partial charge in [0.15, 0.2) is 10.3 Å². The van der Waals surface area contributed by atoms with Gasteiger partial charge in [-0.05, 0) is 63.9 Å². The van der Waals surface area contributed by atoms with Gasteiger partial charge >= 0.3 is 11.4 Å². The molecule has 4 aliphatic carbocycles. The van der Waals surface area contributed by atoms with Crippen LogP contribution in [0.1, 0.15) is 103 Å². The minimum absolute atomic E-state index is 0.0124. The Morgan fingerprint density at radius 2 is 0.717 bits per heavy atom. The highest BCUT2D eigenvalue weighted by Crippen LogP contribution is 2.37. The van der Waals surface area contributed by atoms with Gasteiger partial charge < -0.3 is 21.3 Å². The van der Waals surface area contributed by atoms with Crippen molar-refractivity contribution in [2.45, 2.75) is 137 Å². The molecule has 2 aromatic heterocycles. The molecular weight excluding hydrogens is 629 g/mol. The van der Waals surface area contributed by atoms with Crippen molar-refractivity contribution in [3.05, 3.63) is 20.2 Å². The molecule has 2 aromatic rings. The van der Waals surface area contributed by atoms with Crippen LogP contribution in [0.5, 0.6) is 0 Å². The molecule has 252 valence electrons. The smallest absolute Gasteiger partial charge is 0.353 e. The summed E-state index contributed by atoms with van der Waals surface area (Å²) in [6.07, 6.45) is 21.4. The van der Waals surface area contributed by atoms with Crippen LogP contribution < -0.4 is 21.3 Å². The van der Waals surface area contributed by atoms with E-state index in [-0.39, 0.29) is 45.4 Å². The molecule has 46 heavy (non-hydrogen) atoms. The van der Waals surface area contributed by atoms with E-state index in [1.54, 1.807) is 0 Å². The Morgan fingerprint density at radius 3 is 0.891 bits per heavy atom. The standard InChI is InChI=1S/2C15H23N5O2S/c2*1-23-15-18-13(16-10-6-2-3-7-10)12(20(21)22)14(19-15)17-11-8-4-5-9-11/h2*10-11H,2-9H2,1H3,(H2,16,17,18,19). The van der Waals surface area contributed by atoms with Gasteiger partial charge in [0, 0.05) is 24.2 Å². The highest BCUT2D eigenvalue weighted by molar-refractivity contribution is 7.98. The van der Waals surface area contributed by atoms with Gasteiger partial charge in [0.2, 0.25) is 23.3 Å². The zero-order chi connectivity index (χ0) is 32.5. The molecule has 2 heterocycles. The van der Waals surface area contributed by atoms with E-state index in [9.17, 15) is 20.2 Å². The van der Waals surface area contributed by atoms with Crippen LogP contribution in [0.25, 0.3) is 0 Å². The lowest BCUT2D eigenvalue weighted by molar-refractivity contribution is -0.383. The molecule has 16 heteroatoms. The third kappa shape index (κ3) is 9.02. The summed E-state index contributed by atoms with van der Waals surface area (Å²) in [6, 6.07) is 1.10. The second-order valence-corrected chi connectivity index (χ2v) is 14.1. The summed E-state index contributed by atoms with van der Waals surface area (Å²) < 4.78 is 0. The van der Waals surface area contributed by atoms with Crippen molar-refractivity contribution >= 4 is 58.2 Å². The Balaban J connectivity index is 0.000000181. The van der Waals surface area contributed by atoms with Crippen LogP contribution in [0.15, 0.2) is 10.3 Å². The molecule has 0 aromatic carbocycles. The summed E-state index contributed by atoms with van der Waals surface area (Å²) >= 11 is 2.82. The molecule has 0 spiro atoms. The maximum Gasteiger partial charge on any atom is 0.353 e. The Labute approximate surface area is 278 Å². The topological polar surface area (TPSA) is 186 Å². The molecular formula is C30H46N10O4S2. The van der Waals surface area contributed by atoms with Crippen LogP contribution in [0.3, 0.4) is 0 Å². The summed E-state index contributed by atoms with van der Waals surface area (Å²) in [7, 11) is 0. The molecule has 0 unspecified atom stereocenters. The minimum atomic E-state index is -0.362. The van der Waals surface area contributed by atoms with Gasteiger partial charge in [-0.2, -0.15) is 19.9 Å². The Kier molecular flexibility index (Phi) is 12.4. The number of nitro groups is 2. The van der Waals surface area contributed by atoms with E-state index in [4.69, 9.17) is 0 Å². The van der Waals surface area contributed by atoms with Gasteiger partial charge in [0.25, 0.3) is 0 Å². The number of nitrogens with one attached hydrogen (secondary N) is 4. The van der Waals surface area contributed by atoms with Crippen molar-refractivity contribution in [1.82, 2.24) is 19.9 Å². The fourth-order valence-electron chi connectivity index (χ4n) is 6.85. The largest absolute Gasteiger partial charge is 0.361 e. The van der Waals surface area contributed by atoms with Crippen molar-refractivity contribution in [3.8, 4) is 0 Å². The van der Waals surface area contributed by atoms with E-state index in [1.807, 2.05) is 12.5 Å². The maximum absolute atomic E-state index is 11.6. The van der Waals surface area contributed by atoms with Gasteiger partial charge in [-0.15, -0.1) is 0 Å². The third-order valence-corrected chi connectivity index (χ3v) is 10.3. The van der Waals surface area contributed by atoms with Crippen molar-refractivity contribution in [3.63, 3.8) is 0 Å². The quantitative estimate of drug-likeness (QED) is 0.0745. The van der Waals surface area contributed by atoms with Crippen LogP contribution in [0, 0.1) is 20.2 Å². The highest BCUT2D eigenvalue weighted by Gasteiger charge is 2.31. The lowest BCUT2D eigenvalue weighted by Gasteiger charge is -2.17. The van der Waals surface area contributed by atoms with E-state index in [1.165, 1.54) is 74.9 Å². The Bertz CT molecular complexity index is 1170. The molecule has 14 nitrogen and oxygen atoms in total. The number of aromatic nitrogens is 4. The molecule has 0 aliphatic heterocycles. The van der Waals surface area contributed by atoms with Crippen molar-refractivity contribution in [2.75, 3.05) is 33.8 Å². The molecule has 4 fully saturated rings. The molecule has 4 saturated carbocycles. The summed E-state index contributed by atoms with van der Waals surface area (Å²) in [5, 5.41) is 37.5. The average molecular weight is 675 g/mol. The van der Waals surface area contributed by atoms with Crippen molar-refractivity contribution < 1.29 is 9.85 Å². The SMILES string of the molecule is CSc1nc(NC2CCCC2)c([N+](=O)[O-])c(NC2CCCC2)n1.CSc1nc(NC2CCCC2)c([N+](=O)[O-])c(NC2CCCC2)n1. The van der Waals surface area contributed by atoms with Crippen molar-refractivity contribution in [1.29, 1.82) is 0 Å². The number of hydrogen-bond donors (Lipinski definition) is 4. The second-order valence-electron chi connectivity index (χ2n) is 12.5. The lowest BCUT2D eigenvalue weighted by atomic mass is 10.2. The van der Waals surface area contributed by atoms with Crippen LogP contribution >= 0.6 is 23.5 Å². The molecule has 6 rings (SSSR count). The lowest BCUT2D eigenvalue weighted by Crippen LogP contribution is -2.21. The normalized spacial score (nSPS) is 19.2. The van der Waals surface area contributed by atoms with E-state index in [0.29, 0.717) is 33.6 Å². The maximum atomic E-state index is 11.6. The van der Waals surface area contributed by atoms with Gasteiger partial charge in [0.1, 0.15) is 0 Å². The molecule has 4 aliphatic rings. The first-order valence-corrected chi connectivity index (χ1v) is 19.1. The molecule has 4 N–H and O–H groups in total. The van der Waals surface area contributed by atoms with Gasteiger partial charge in [-0.3, -0.25) is 20.2 Å². The first-order chi connectivity index (χ1) is 22.3. The number of rotatable bonds is 12. The molecule has 0 bridgehead atoms. The van der Waals surface area contributed by atoms with Gasteiger partial charge in [-0.1, -0.05) is 74.9 Å². The minimum Gasteiger partial charge on any atom is -0.361 e. The fraction of sp³-hybridized carbons (Fsp3) is 0.733. The number of thioether (sulfide) groups is 2. The number of anilines is 4. The number of nitrogens with zero attached hydrogens (tertiary/aromatic N) is 6. The van der Waals surface area contributed by atoms with E-state index in [0.717, 1.165) is 51.4 Å². The fourth-order valence-corrected chi connectivity index (χ4v) is 7.58. The molecule has 0 amide bonds. The second kappa shape index (κ2) is 16.6. The van der Waals surface area contributed by atoms with Crippen LogP contribution in [-0.2, 0) is 0 Å². The van der Waals surface area contributed by atoms with Crippen LogP contribution in [0.4, 0.5) is 34.6 Å². The summed E-state index contributed by atoms with van der Waals surface area (Å²) in [6.45, 7) is 0. The zero-order valence-corrected chi connectivity index (χ0v) is 28.4. The van der Waals surface area contributed by atoms with Gasteiger partial charge in [0.05, 0.1) is 9.85 Å². The summed E-state index contributed by atoms with van der Waals surface area (Å²) in [5.41, 5.74) is -0.0248. The summed E-state index contributed by atoms with van der Waals surface area (Å²) in [4.78, 5) is 40.0. The van der Waals surface area contributed by atoms with Gasteiger partial charge in [-0.25, -0.2) is 0 Å². The van der Waals surface area contributed by atoms with Crippen LogP contribution in [0.2, 0.25) is 0 Å². The first-order valence-electron chi connectivity index (χ1n) is 16.6. The van der Waals surface area contributed by atoms with Crippen LogP contribution in [-0.4, -0.2) is 66.5 Å². The Hall–Kier alpha value is -3.14. The van der Waals surface area contributed by atoms with E-state index < -0.39 is 0 Å².